The number of Topliss-reactive ketones (excluding diaryl/α,β-unsaturated/α-hetero) is 1. The fraction of sp³-hybridized carbons (Fsp3) is 0.680. The lowest BCUT2D eigenvalue weighted by Gasteiger charge is -2.54. The summed E-state index contributed by atoms with van der Waals surface area (Å²) in [4.78, 5) is 24.3. The Morgan fingerprint density at radius 1 is 0.786 bits per heavy atom. The lowest BCUT2D eigenvalue weighted by molar-refractivity contribution is -0.127. The fourth-order valence-electron chi connectivity index (χ4n) is 7.33. The van der Waals surface area contributed by atoms with E-state index < -0.39 is 0 Å². The largest absolute Gasteiger partial charge is 0.459 e. The van der Waals surface area contributed by atoms with Crippen molar-refractivity contribution in [2.24, 2.45) is 35.5 Å². The van der Waals surface area contributed by atoms with Crippen LogP contribution in [0.4, 0.5) is 0 Å². The first-order valence-corrected chi connectivity index (χ1v) is 11.5. The highest BCUT2D eigenvalue weighted by Gasteiger charge is 2.49. The van der Waals surface area contributed by atoms with Crippen LogP contribution in [-0.4, -0.2) is 17.9 Å². The van der Waals surface area contributed by atoms with Gasteiger partial charge >= 0.3 is 5.97 Å². The van der Waals surface area contributed by atoms with E-state index in [1.54, 1.807) is 0 Å². The monoisotopic (exact) mass is 380 g/mol. The molecule has 0 bridgehead atoms. The number of ketones is 1. The van der Waals surface area contributed by atoms with E-state index in [4.69, 9.17) is 4.74 Å². The third-order valence-electron chi connectivity index (χ3n) is 8.52. The second-order valence-corrected chi connectivity index (χ2v) is 9.82. The van der Waals surface area contributed by atoms with Gasteiger partial charge in [-0.2, -0.15) is 0 Å². The van der Waals surface area contributed by atoms with Gasteiger partial charge in [-0.05, 0) is 99.0 Å². The number of carbonyl (C=O) groups is 2. The maximum atomic E-state index is 12.4. The summed E-state index contributed by atoms with van der Waals surface area (Å²) in [6.07, 6.45) is 11.5. The molecule has 4 aliphatic carbocycles. The molecule has 0 unspecified atom stereocenters. The van der Waals surface area contributed by atoms with Gasteiger partial charge in [-0.1, -0.05) is 18.2 Å². The van der Waals surface area contributed by atoms with Gasteiger partial charge in [-0.15, -0.1) is 0 Å². The molecule has 150 valence electrons. The normalized spacial score (nSPS) is 40.0. The first kappa shape index (κ1) is 18.4. The quantitative estimate of drug-likeness (QED) is 0.642. The van der Waals surface area contributed by atoms with Crippen LogP contribution in [0, 0.1) is 35.5 Å². The van der Waals surface area contributed by atoms with Gasteiger partial charge in [0.05, 0.1) is 5.56 Å². The van der Waals surface area contributed by atoms with E-state index >= 15 is 0 Å². The maximum Gasteiger partial charge on any atom is 0.338 e. The molecule has 28 heavy (non-hydrogen) atoms. The van der Waals surface area contributed by atoms with Crippen molar-refractivity contribution in [3.8, 4) is 0 Å². The minimum Gasteiger partial charge on any atom is -0.459 e. The first-order valence-electron chi connectivity index (χ1n) is 11.5. The van der Waals surface area contributed by atoms with Crippen molar-refractivity contribution < 1.29 is 14.3 Å². The molecule has 4 aliphatic rings. The van der Waals surface area contributed by atoms with Gasteiger partial charge in [0.2, 0.25) is 0 Å². The summed E-state index contributed by atoms with van der Waals surface area (Å²) in [6, 6.07) is 9.39. The van der Waals surface area contributed by atoms with Crippen LogP contribution in [0.25, 0.3) is 0 Å². The van der Waals surface area contributed by atoms with E-state index in [1.807, 2.05) is 30.3 Å². The van der Waals surface area contributed by atoms with Gasteiger partial charge in [0, 0.05) is 12.8 Å². The Balaban J connectivity index is 1.22. The summed E-state index contributed by atoms with van der Waals surface area (Å²) in [5.74, 6) is 5.11. The molecule has 1 aromatic rings. The molecule has 3 heteroatoms. The number of hydrogen-bond donors (Lipinski definition) is 0. The zero-order chi connectivity index (χ0) is 19.1. The molecule has 5 rings (SSSR count). The second-order valence-electron chi connectivity index (χ2n) is 9.82. The number of carbonyl (C=O) groups excluding carboxylic acids is 2. The number of fused-ring (bicyclic) bond motifs is 5. The van der Waals surface area contributed by atoms with Crippen LogP contribution in [0.2, 0.25) is 0 Å². The van der Waals surface area contributed by atoms with Gasteiger partial charge in [-0.3, -0.25) is 4.79 Å². The molecule has 4 fully saturated rings. The van der Waals surface area contributed by atoms with Crippen molar-refractivity contribution >= 4 is 11.8 Å². The predicted molar refractivity (Wildman–Crippen MR) is 108 cm³/mol. The van der Waals surface area contributed by atoms with Crippen LogP contribution in [0.5, 0.6) is 0 Å². The third-order valence-corrected chi connectivity index (χ3v) is 8.52. The molecule has 0 aliphatic heterocycles. The zero-order valence-corrected chi connectivity index (χ0v) is 16.7. The van der Waals surface area contributed by atoms with Crippen molar-refractivity contribution in [1.82, 2.24) is 0 Å². The van der Waals surface area contributed by atoms with Gasteiger partial charge in [0.15, 0.2) is 0 Å². The summed E-state index contributed by atoms with van der Waals surface area (Å²) in [6.45, 7) is 0. The average molecular weight is 381 g/mol. The van der Waals surface area contributed by atoms with E-state index in [0.29, 0.717) is 17.3 Å². The van der Waals surface area contributed by atoms with Crippen molar-refractivity contribution in [2.75, 3.05) is 0 Å². The summed E-state index contributed by atoms with van der Waals surface area (Å²) in [7, 11) is 0. The van der Waals surface area contributed by atoms with Crippen LogP contribution >= 0.6 is 0 Å². The number of hydrogen-bond acceptors (Lipinski definition) is 3. The summed E-state index contributed by atoms with van der Waals surface area (Å²) < 4.78 is 5.88. The Kier molecular flexibility index (Phi) is 5.02. The molecular formula is C25H32O3. The fourth-order valence-corrected chi connectivity index (χ4v) is 7.33. The topological polar surface area (TPSA) is 43.4 Å². The van der Waals surface area contributed by atoms with Crippen molar-refractivity contribution in [1.29, 1.82) is 0 Å². The van der Waals surface area contributed by atoms with Gasteiger partial charge in [-0.25, -0.2) is 4.79 Å². The lowest BCUT2D eigenvalue weighted by atomic mass is 9.51. The zero-order valence-electron chi connectivity index (χ0n) is 16.7. The van der Waals surface area contributed by atoms with Gasteiger partial charge in [0.1, 0.15) is 11.9 Å². The third kappa shape index (κ3) is 3.42. The molecule has 0 spiro atoms. The summed E-state index contributed by atoms with van der Waals surface area (Å²) in [5, 5.41) is 0. The molecule has 0 radical (unpaired) electrons. The van der Waals surface area contributed by atoms with Crippen LogP contribution in [0.15, 0.2) is 30.3 Å². The minimum absolute atomic E-state index is 0.0918. The number of esters is 1. The predicted octanol–water partition coefficient (Wildman–Crippen LogP) is 5.43. The second kappa shape index (κ2) is 7.65. The van der Waals surface area contributed by atoms with Crippen LogP contribution in [-0.2, 0) is 9.53 Å². The standard InChI is InChI=1S/C25H32O3/c26-19-8-12-21-17(14-19)6-10-24-22-13-9-20(15-18(22)7-11-23(21)24)28-25(27)16-4-2-1-3-5-16/h1-5,17-18,20-24H,6-15H2/t17-,18+,20+,21+,22-,23-,24+/m1/s1. The highest BCUT2D eigenvalue weighted by molar-refractivity contribution is 5.89. The van der Waals surface area contributed by atoms with E-state index in [-0.39, 0.29) is 12.1 Å². The molecule has 7 atom stereocenters. The number of benzene rings is 1. The Morgan fingerprint density at radius 3 is 2.25 bits per heavy atom. The summed E-state index contributed by atoms with van der Waals surface area (Å²) >= 11 is 0. The van der Waals surface area contributed by atoms with Crippen molar-refractivity contribution in [3.05, 3.63) is 35.9 Å². The van der Waals surface area contributed by atoms with E-state index in [9.17, 15) is 9.59 Å². The average Bonchev–Trinajstić information content (AvgIpc) is 2.73. The Bertz CT molecular complexity index is 727. The summed E-state index contributed by atoms with van der Waals surface area (Å²) in [5.41, 5.74) is 0.665. The molecule has 0 amide bonds. The Morgan fingerprint density at radius 2 is 1.46 bits per heavy atom. The van der Waals surface area contributed by atoms with E-state index in [0.717, 1.165) is 61.7 Å². The molecular weight excluding hydrogens is 348 g/mol. The molecule has 1 aromatic carbocycles. The molecule has 4 saturated carbocycles. The first-order chi connectivity index (χ1) is 13.7. The van der Waals surface area contributed by atoms with Crippen LogP contribution in [0.3, 0.4) is 0 Å². The maximum absolute atomic E-state index is 12.4. The van der Waals surface area contributed by atoms with Crippen molar-refractivity contribution in [2.45, 2.75) is 70.3 Å². The van der Waals surface area contributed by atoms with E-state index in [2.05, 4.69) is 0 Å². The van der Waals surface area contributed by atoms with Crippen molar-refractivity contribution in [3.63, 3.8) is 0 Å². The molecule has 0 N–H and O–H groups in total. The van der Waals surface area contributed by atoms with Crippen LogP contribution in [0.1, 0.15) is 74.6 Å². The Hall–Kier alpha value is -1.64. The molecule has 0 saturated heterocycles. The van der Waals surface area contributed by atoms with Gasteiger partial charge in [0.25, 0.3) is 0 Å². The Labute approximate surface area is 168 Å². The highest BCUT2D eigenvalue weighted by Crippen LogP contribution is 2.56. The van der Waals surface area contributed by atoms with Crippen LogP contribution < -0.4 is 0 Å². The SMILES string of the molecule is O=C1CC[C@H]2[C@H](CC[C@@H]3[C@@H]2CC[C@H]2C[C@@H](OC(=O)c4ccccc4)CC[C@H]23)C1. The number of ether oxygens (including phenoxy) is 1. The molecule has 0 heterocycles. The number of rotatable bonds is 2. The highest BCUT2D eigenvalue weighted by atomic mass is 16.5. The smallest absolute Gasteiger partial charge is 0.338 e. The molecule has 3 nitrogen and oxygen atoms in total. The molecule has 0 aromatic heterocycles. The lowest BCUT2D eigenvalue weighted by Crippen LogP contribution is -2.48. The van der Waals surface area contributed by atoms with E-state index in [1.165, 1.54) is 32.1 Å². The van der Waals surface area contributed by atoms with Gasteiger partial charge < -0.3 is 4.74 Å². The minimum atomic E-state index is -0.162.